The number of aryl methyl sites for hydroxylation is 2. The van der Waals surface area contributed by atoms with Gasteiger partial charge in [0.15, 0.2) is 0 Å². The molecule has 0 spiro atoms. The van der Waals surface area contributed by atoms with Crippen molar-refractivity contribution in [3.05, 3.63) is 72.3 Å². The van der Waals surface area contributed by atoms with E-state index in [1.54, 1.807) is 6.33 Å². The highest BCUT2D eigenvalue weighted by Gasteiger charge is 2.51. The van der Waals surface area contributed by atoms with Crippen molar-refractivity contribution in [1.29, 1.82) is 0 Å². The van der Waals surface area contributed by atoms with Gasteiger partial charge in [0.25, 0.3) is 0 Å². The summed E-state index contributed by atoms with van der Waals surface area (Å²) in [5.41, 5.74) is 3.03. The quantitative estimate of drug-likeness (QED) is 0.674. The Kier molecular flexibility index (Phi) is 4.97. The summed E-state index contributed by atoms with van der Waals surface area (Å²) in [7, 11) is 2.09. The molecule has 1 aromatic carbocycles. The number of imidazole rings is 2. The van der Waals surface area contributed by atoms with Gasteiger partial charge in [0.2, 0.25) is 0 Å². The summed E-state index contributed by atoms with van der Waals surface area (Å²) >= 11 is 0. The maximum atomic E-state index is 4.55. The molecule has 4 heterocycles. The fourth-order valence-electron chi connectivity index (χ4n) is 5.40. The minimum atomic E-state index is 0.362. The Morgan fingerprint density at radius 1 is 1.10 bits per heavy atom. The molecule has 0 bridgehead atoms. The van der Waals surface area contributed by atoms with Gasteiger partial charge in [0.05, 0.1) is 12.9 Å². The molecular weight excluding hydrogens is 360 g/mol. The average molecular weight is 391 g/mol. The molecule has 2 atom stereocenters. The van der Waals surface area contributed by atoms with E-state index in [4.69, 9.17) is 0 Å². The molecule has 152 valence electrons. The van der Waals surface area contributed by atoms with E-state index in [-0.39, 0.29) is 0 Å². The van der Waals surface area contributed by atoms with Crippen LogP contribution in [0.5, 0.6) is 0 Å². The third-order valence-corrected chi connectivity index (χ3v) is 6.89. The van der Waals surface area contributed by atoms with E-state index < -0.39 is 0 Å². The first-order chi connectivity index (χ1) is 14.2. The highest BCUT2D eigenvalue weighted by molar-refractivity contribution is 5.16. The lowest BCUT2D eigenvalue weighted by Crippen LogP contribution is -2.34. The Hall–Kier alpha value is -2.44. The summed E-state index contributed by atoms with van der Waals surface area (Å²) in [4.78, 5) is 17.3. The van der Waals surface area contributed by atoms with E-state index in [1.165, 1.54) is 37.3 Å². The molecule has 0 aliphatic carbocycles. The molecule has 29 heavy (non-hydrogen) atoms. The SMILES string of the molecule is Cn1ccnc1CN1CC2CN(Cc3cnc[nH]3)CC2(CCc2ccccc2)C1. The minimum Gasteiger partial charge on any atom is -0.347 e. The molecule has 0 radical (unpaired) electrons. The summed E-state index contributed by atoms with van der Waals surface area (Å²) in [5.74, 6) is 1.88. The van der Waals surface area contributed by atoms with Crippen LogP contribution in [0.4, 0.5) is 0 Å². The number of nitrogens with one attached hydrogen (secondary N) is 1. The van der Waals surface area contributed by atoms with Crippen molar-refractivity contribution in [1.82, 2.24) is 29.3 Å². The fourth-order valence-corrected chi connectivity index (χ4v) is 5.40. The molecule has 2 unspecified atom stereocenters. The van der Waals surface area contributed by atoms with Crippen LogP contribution in [-0.4, -0.2) is 55.5 Å². The van der Waals surface area contributed by atoms with Gasteiger partial charge in [0, 0.05) is 69.5 Å². The smallest absolute Gasteiger partial charge is 0.122 e. The lowest BCUT2D eigenvalue weighted by atomic mass is 9.76. The second-order valence-corrected chi connectivity index (χ2v) is 8.92. The van der Waals surface area contributed by atoms with Crippen molar-refractivity contribution in [2.24, 2.45) is 18.4 Å². The molecule has 6 nitrogen and oxygen atoms in total. The largest absolute Gasteiger partial charge is 0.347 e. The number of hydrogen-bond donors (Lipinski definition) is 1. The number of fused-ring (bicyclic) bond motifs is 1. The summed E-state index contributed by atoms with van der Waals surface area (Å²) in [6.45, 7) is 6.60. The Labute approximate surface area is 172 Å². The van der Waals surface area contributed by atoms with Crippen molar-refractivity contribution < 1.29 is 0 Å². The second kappa shape index (κ2) is 7.76. The average Bonchev–Trinajstić information content (AvgIpc) is 3.48. The van der Waals surface area contributed by atoms with Gasteiger partial charge < -0.3 is 9.55 Å². The fraction of sp³-hybridized carbons (Fsp3) is 0.478. The maximum Gasteiger partial charge on any atom is 0.122 e. The van der Waals surface area contributed by atoms with Gasteiger partial charge in [-0.25, -0.2) is 9.97 Å². The van der Waals surface area contributed by atoms with Crippen LogP contribution in [0.2, 0.25) is 0 Å². The molecular formula is C23H30N6. The molecule has 2 aliphatic heterocycles. The van der Waals surface area contributed by atoms with E-state index in [2.05, 4.69) is 66.7 Å². The van der Waals surface area contributed by atoms with Crippen LogP contribution in [0.25, 0.3) is 0 Å². The third-order valence-electron chi connectivity index (χ3n) is 6.89. The first kappa shape index (κ1) is 18.6. The van der Waals surface area contributed by atoms with E-state index >= 15 is 0 Å². The van der Waals surface area contributed by atoms with Gasteiger partial charge in [0.1, 0.15) is 5.82 Å². The van der Waals surface area contributed by atoms with Crippen molar-refractivity contribution in [2.45, 2.75) is 25.9 Å². The summed E-state index contributed by atoms with van der Waals surface area (Å²) in [6.07, 6.45) is 10.1. The molecule has 5 rings (SSSR count). The van der Waals surface area contributed by atoms with E-state index in [1.807, 2.05) is 18.6 Å². The van der Waals surface area contributed by atoms with Crippen molar-refractivity contribution >= 4 is 0 Å². The molecule has 2 fully saturated rings. The van der Waals surface area contributed by atoms with Gasteiger partial charge in [-0.05, 0) is 24.3 Å². The van der Waals surface area contributed by atoms with Crippen LogP contribution in [-0.2, 0) is 26.6 Å². The number of aromatic nitrogens is 4. The lowest BCUT2D eigenvalue weighted by molar-refractivity contribution is 0.192. The Bertz CT molecular complexity index is 918. The zero-order valence-corrected chi connectivity index (χ0v) is 17.2. The molecule has 3 aromatic rings. The number of aromatic amines is 1. The summed E-state index contributed by atoms with van der Waals surface area (Å²) in [6, 6.07) is 11.0. The van der Waals surface area contributed by atoms with Crippen LogP contribution >= 0.6 is 0 Å². The number of likely N-dealkylation sites (tertiary alicyclic amines) is 2. The number of hydrogen-bond acceptors (Lipinski definition) is 4. The van der Waals surface area contributed by atoms with E-state index in [0.717, 1.165) is 37.8 Å². The van der Waals surface area contributed by atoms with Gasteiger partial charge in [-0.3, -0.25) is 9.80 Å². The zero-order chi connectivity index (χ0) is 19.7. The second-order valence-electron chi connectivity index (χ2n) is 8.92. The van der Waals surface area contributed by atoms with Crippen LogP contribution in [0, 0.1) is 11.3 Å². The normalized spacial score (nSPS) is 24.9. The first-order valence-corrected chi connectivity index (χ1v) is 10.6. The zero-order valence-electron chi connectivity index (χ0n) is 17.2. The third kappa shape index (κ3) is 3.87. The first-order valence-electron chi connectivity index (χ1n) is 10.6. The summed E-state index contributed by atoms with van der Waals surface area (Å²) in [5, 5.41) is 0. The van der Waals surface area contributed by atoms with Gasteiger partial charge in [-0.2, -0.15) is 0 Å². The number of rotatable bonds is 7. The summed E-state index contributed by atoms with van der Waals surface area (Å²) < 4.78 is 2.15. The van der Waals surface area contributed by atoms with Gasteiger partial charge in [-0.15, -0.1) is 0 Å². The lowest BCUT2D eigenvalue weighted by Gasteiger charge is -2.30. The highest BCUT2D eigenvalue weighted by atomic mass is 15.3. The van der Waals surface area contributed by atoms with Crippen LogP contribution in [0.15, 0.2) is 55.2 Å². The molecule has 1 N–H and O–H groups in total. The Morgan fingerprint density at radius 3 is 2.59 bits per heavy atom. The molecule has 6 heteroatoms. The van der Waals surface area contributed by atoms with Gasteiger partial charge in [-0.1, -0.05) is 30.3 Å². The minimum absolute atomic E-state index is 0.362. The Balaban J connectivity index is 1.31. The number of benzene rings is 1. The molecule has 0 saturated carbocycles. The van der Waals surface area contributed by atoms with Crippen LogP contribution in [0.1, 0.15) is 23.5 Å². The standard InChI is InChI=1S/C23H30N6/c1-27-10-9-25-22(27)15-29-13-20-12-28(14-21-11-24-18-26-21)16-23(20,17-29)8-7-19-5-3-2-4-6-19/h2-6,9-11,18,20H,7-8,12-17H2,1H3,(H,24,26). The number of nitrogens with zero attached hydrogens (tertiary/aromatic N) is 5. The van der Waals surface area contributed by atoms with Crippen molar-refractivity contribution in [3.63, 3.8) is 0 Å². The number of H-pyrrole nitrogens is 1. The van der Waals surface area contributed by atoms with Crippen molar-refractivity contribution in [2.75, 3.05) is 26.2 Å². The molecule has 2 aromatic heterocycles. The predicted octanol–water partition coefficient (Wildman–Crippen LogP) is 2.71. The highest BCUT2D eigenvalue weighted by Crippen LogP contribution is 2.46. The Morgan fingerprint density at radius 2 is 1.90 bits per heavy atom. The monoisotopic (exact) mass is 390 g/mol. The maximum absolute atomic E-state index is 4.55. The van der Waals surface area contributed by atoms with Crippen LogP contribution in [0.3, 0.4) is 0 Å². The topological polar surface area (TPSA) is 53.0 Å². The van der Waals surface area contributed by atoms with Crippen molar-refractivity contribution in [3.8, 4) is 0 Å². The van der Waals surface area contributed by atoms with Gasteiger partial charge >= 0.3 is 0 Å². The molecule has 2 aliphatic rings. The predicted molar refractivity (Wildman–Crippen MR) is 113 cm³/mol. The van der Waals surface area contributed by atoms with Crippen LogP contribution < -0.4 is 0 Å². The molecule has 2 saturated heterocycles. The van der Waals surface area contributed by atoms with E-state index in [9.17, 15) is 0 Å². The molecule has 0 amide bonds. The van der Waals surface area contributed by atoms with E-state index in [0.29, 0.717) is 5.41 Å².